The zero-order valence-corrected chi connectivity index (χ0v) is 20.1. The van der Waals surface area contributed by atoms with Crippen molar-refractivity contribution in [3.8, 4) is 0 Å². The Bertz CT molecular complexity index is 783. The van der Waals surface area contributed by atoms with Crippen molar-refractivity contribution in [1.29, 1.82) is 0 Å². The molecule has 8 heteroatoms. The predicted octanol–water partition coefficient (Wildman–Crippen LogP) is 4.31. The number of amides is 1. The zero-order valence-electron chi connectivity index (χ0n) is 20.1. The van der Waals surface area contributed by atoms with Gasteiger partial charge in [-0.25, -0.2) is 9.59 Å². The number of likely N-dealkylation sites (tertiary alicyclic amines) is 1. The Hall–Kier alpha value is -2.06. The molecular weight excluding hydrogens is 409 g/mol. The lowest BCUT2D eigenvalue weighted by atomic mass is 9.78. The Morgan fingerprint density at radius 2 is 1.75 bits per heavy atom. The Balaban J connectivity index is 1.59. The lowest BCUT2D eigenvalue weighted by Gasteiger charge is -2.32. The second-order valence-corrected chi connectivity index (χ2v) is 9.92. The lowest BCUT2D eigenvalue weighted by Crippen LogP contribution is -2.44. The van der Waals surface area contributed by atoms with Crippen molar-refractivity contribution < 1.29 is 28.4 Å². The normalized spacial score (nSPS) is 26.2. The molecule has 2 saturated heterocycles. The first kappa shape index (κ1) is 24.6. The molecule has 1 amide bonds. The summed E-state index contributed by atoms with van der Waals surface area (Å²) < 4.78 is 22.7. The molecule has 0 bridgehead atoms. The third-order valence-electron chi connectivity index (χ3n) is 7.12. The van der Waals surface area contributed by atoms with Crippen molar-refractivity contribution in [1.82, 2.24) is 4.90 Å². The minimum Gasteiger partial charge on any atom is -0.467 e. The van der Waals surface area contributed by atoms with E-state index in [1.54, 1.807) is 0 Å². The molecule has 0 aromatic heterocycles. The third kappa shape index (κ3) is 5.29. The van der Waals surface area contributed by atoms with Crippen molar-refractivity contribution in [3.63, 3.8) is 0 Å². The SMILES string of the molecule is COC(=O)[C@@H]1[C@@H](CCCB2OC(C)(C)C(C)(C)O2)[C@@H](C)CN1C(=O)OCc1ccccc1. The first-order chi connectivity index (χ1) is 15.1. The summed E-state index contributed by atoms with van der Waals surface area (Å²) in [6, 6.07) is 8.86. The largest absolute Gasteiger partial charge is 0.467 e. The van der Waals surface area contributed by atoms with Crippen LogP contribution in [0, 0.1) is 11.8 Å². The highest BCUT2D eigenvalue weighted by Crippen LogP contribution is 2.39. The number of ether oxygens (including phenoxy) is 2. The first-order valence-electron chi connectivity index (χ1n) is 11.5. The number of nitrogens with zero attached hydrogens (tertiary/aromatic N) is 1. The lowest BCUT2D eigenvalue weighted by molar-refractivity contribution is -0.147. The average Bonchev–Trinajstić information content (AvgIpc) is 3.18. The second kappa shape index (κ2) is 9.83. The molecule has 1 aromatic carbocycles. The van der Waals surface area contributed by atoms with Crippen molar-refractivity contribution in [2.24, 2.45) is 11.8 Å². The van der Waals surface area contributed by atoms with E-state index in [9.17, 15) is 9.59 Å². The highest BCUT2D eigenvalue weighted by molar-refractivity contribution is 6.45. The summed E-state index contributed by atoms with van der Waals surface area (Å²) in [7, 11) is 1.10. The van der Waals surface area contributed by atoms with Crippen LogP contribution in [0.2, 0.25) is 6.32 Å². The highest BCUT2D eigenvalue weighted by Gasteiger charge is 2.51. The molecule has 32 heavy (non-hydrogen) atoms. The molecular formula is C24H36BNO6. The minimum atomic E-state index is -0.642. The number of rotatable bonds is 7. The van der Waals surface area contributed by atoms with Gasteiger partial charge in [0.1, 0.15) is 12.6 Å². The van der Waals surface area contributed by atoms with Gasteiger partial charge in [-0.3, -0.25) is 4.90 Å². The molecule has 3 rings (SSSR count). The molecule has 1 aromatic rings. The maximum atomic E-state index is 12.8. The number of methoxy groups -OCH3 is 1. The number of benzene rings is 1. The monoisotopic (exact) mass is 445 g/mol. The molecule has 2 aliphatic rings. The van der Waals surface area contributed by atoms with Crippen molar-refractivity contribution in [2.45, 2.75) is 77.6 Å². The van der Waals surface area contributed by atoms with E-state index >= 15 is 0 Å². The molecule has 2 aliphatic heterocycles. The standard InChI is InChI=1S/C24H36BNO6/c1-17-15-26(22(28)30-16-18-11-8-7-9-12-18)20(21(27)29-6)19(17)13-10-14-25-31-23(2,3)24(4,5)32-25/h7-9,11-12,17,19-20H,10,13-16H2,1-6H3/t17-,19-,20-/m0/s1. The van der Waals surface area contributed by atoms with E-state index in [1.807, 2.05) is 58.0 Å². The van der Waals surface area contributed by atoms with E-state index in [4.69, 9.17) is 18.8 Å². The van der Waals surface area contributed by atoms with Crippen LogP contribution in [-0.4, -0.2) is 55.0 Å². The minimum absolute atomic E-state index is 0.00542. The van der Waals surface area contributed by atoms with Crippen molar-refractivity contribution in [2.75, 3.05) is 13.7 Å². The van der Waals surface area contributed by atoms with E-state index in [2.05, 4.69) is 6.92 Å². The Morgan fingerprint density at radius 3 is 2.34 bits per heavy atom. The van der Waals surface area contributed by atoms with Crippen LogP contribution in [0.5, 0.6) is 0 Å². The maximum Gasteiger partial charge on any atom is 0.457 e. The van der Waals surface area contributed by atoms with Crippen molar-refractivity contribution >= 4 is 19.2 Å². The summed E-state index contributed by atoms with van der Waals surface area (Å²) in [6.45, 7) is 10.9. The Morgan fingerprint density at radius 1 is 1.12 bits per heavy atom. The van der Waals surface area contributed by atoms with Crippen molar-refractivity contribution in [3.05, 3.63) is 35.9 Å². The van der Waals surface area contributed by atoms with Gasteiger partial charge in [0.25, 0.3) is 0 Å². The fourth-order valence-electron chi connectivity index (χ4n) is 4.56. The van der Waals surface area contributed by atoms with Gasteiger partial charge in [0.15, 0.2) is 0 Å². The maximum absolute atomic E-state index is 12.8. The van der Waals surface area contributed by atoms with Gasteiger partial charge in [-0.1, -0.05) is 43.7 Å². The summed E-state index contributed by atoms with van der Waals surface area (Å²) in [5, 5.41) is 0. The van der Waals surface area contributed by atoms with Crippen LogP contribution in [0.1, 0.15) is 53.0 Å². The van der Waals surface area contributed by atoms with Crippen LogP contribution >= 0.6 is 0 Å². The molecule has 0 spiro atoms. The number of esters is 1. The quantitative estimate of drug-likeness (QED) is 0.460. The van der Waals surface area contributed by atoms with Gasteiger partial charge in [-0.2, -0.15) is 0 Å². The van der Waals surface area contributed by atoms with Crippen LogP contribution in [0.4, 0.5) is 4.79 Å². The molecule has 3 atom stereocenters. The number of carbonyl (C=O) groups excluding carboxylic acids is 2. The molecule has 0 aliphatic carbocycles. The van der Waals surface area contributed by atoms with Gasteiger partial charge < -0.3 is 18.8 Å². The van der Waals surface area contributed by atoms with Gasteiger partial charge in [0.2, 0.25) is 0 Å². The topological polar surface area (TPSA) is 74.3 Å². The molecule has 0 unspecified atom stereocenters. The molecule has 0 radical (unpaired) electrons. The van der Waals surface area contributed by atoms with Crippen LogP contribution in [0.15, 0.2) is 30.3 Å². The summed E-state index contributed by atoms with van der Waals surface area (Å²) in [5.41, 5.74) is 0.194. The molecule has 0 N–H and O–H groups in total. The third-order valence-corrected chi connectivity index (χ3v) is 7.12. The van der Waals surface area contributed by atoms with Gasteiger partial charge in [-0.15, -0.1) is 0 Å². The predicted molar refractivity (Wildman–Crippen MR) is 122 cm³/mol. The molecule has 0 saturated carbocycles. The van der Waals surface area contributed by atoms with E-state index in [1.165, 1.54) is 12.0 Å². The Labute approximate surface area is 191 Å². The number of hydrogen-bond acceptors (Lipinski definition) is 6. The molecule has 2 fully saturated rings. The molecule has 2 heterocycles. The van der Waals surface area contributed by atoms with Gasteiger partial charge >= 0.3 is 19.2 Å². The summed E-state index contributed by atoms with van der Waals surface area (Å²) in [5.74, 6) is -0.248. The average molecular weight is 445 g/mol. The highest BCUT2D eigenvalue weighted by atomic mass is 16.7. The second-order valence-electron chi connectivity index (χ2n) is 9.92. The fourth-order valence-corrected chi connectivity index (χ4v) is 4.56. The van der Waals surface area contributed by atoms with Crippen LogP contribution in [-0.2, 0) is 30.2 Å². The molecule has 176 valence electrons. The fraction of sp³-hybridized carbons (Fsp3) is 0.667. The van der Waals surface area contributed by atoms with E-state index in [0.29, 0.717) is 6.54 Å². The smallest absolute Gasteiger partial charge is 0.457 e. The Kier molecular flexibility index (Phi) is 7.55. The zero-order chi connectivity index (χ0) is 23.5. The van der Waals surface area contributed by atoms with Gasteiger partial charge in [0, 0.05) is 6.54 Å². The van der Waals surface area contributed by atoms with E-state index < -0.39 is 18.1 Å². The van der Waals surface area contributed by atoms with E-state index in [0.717, 1.165) is 24.7 Å². The van der Waals surface area contributed by atoms with Gasteiger partial charge in [-0.05, 0) is 57.8 Å². The number of carbonyl (C=O) groups is 2. The van der Waals surface area contributed by atoms with Gasteiger partial charge in [0.05, 0.1) is 18.3 Å². The molecule has 7 nitrogen and oxygen atoms in total. The van der Waals surface area contributed by atoms with Crippen LogP contribution in [0.25, 0.3) is 0 Å². The van der Waals surface area contributed by atoms with Crippen LogP contribution < -0.4 is 0 Å². The van der Waals surface area contributed by atoms with Crippen LogP contribution in [0.3, 0.4) is 0 Å². The summed E-state index contributed by atoms with van der Waals surface area (Å²) in [6.07, 6.45) is 1.85. The summed E-state index contributed by atoms with van der Waals surface area (Å²) >= 11 is 0. The number of hydrogen-bond donors (Lipinski definition) is 0. The van der Waals surface area contributed by atoms with E-state index in [-0.39, 0.29) is 36.8 Å². The summed E-state index contributed by atoms with van der Waals surface area (Å²) in [4.78, 5) is 27.0. The first-order valence-corrected chi connectivity index (χ1v) is 11.5.